The van der Waals surface area contributed by atoms with Crippen LogP contribution in [0.1, 0.15) is 37.7 Å². The van der Waals surface area contributed by atoms with E-state index in [2.05, 4.69) is 28.9 Å². The number of nitrogens with zero attached hydrogens (tertiary/aromatic N) is 5. The SMILES string of the molecule is CCCc1nn(C)c2c1nc(N)n2C(C)c1ccccn1. The van der Waals surface area contributed by atoms with Crippen molar-refractivity contribution in [2.75, 3.05) is 5.73 Å². The van der Waals surface area contributed by atoms with E-state index in [0.29, 0.717) is 5.95 Å². The Hall–Kier alpha value is -2.37. The number of hydrogen-bond donors (Lipinski definition) is 1. The van der Waals surface area contributed by atoms with Crippen LogP contribution in [0.25, 0.3) is 11.2 Å². The summed E-state index contributed by atoms with van der Waals surface area (Å²) in [5.41, 5.74) is 9.98. The van der Waals surface area contributed by atoms with Gasteiger partial charge in [-0.1, -0.05) is 19.4 Å². The monoisotopic (exact) mass is 284 g/mol. The Labute approximate surface area is 123 Å². The van der Waals surface area contributed by atoms with Gasteiger partial charge >= 0.3 is 0 Å². The molecule has 0 saturated heterocycles. The van der Waals surface area contributed by atoms with E-state index in [9.17, 15) is 0 Å². The first-order valence-corrected chi connectivity index (χ1v) is 7.23. The molecule has 3 aromatic heterocycles. The Morgan fingerprint density at radius 3 is 2.81 bits per heavy atom. The molecule has 0 radical (unpaired) electrons. The fraction of sp³-hybridized carbons (Fsp3) is 0.400. The second-order valence-corrected chi connectivity index (χ2v) is 5.26. The van der Waals surface area contributed by atoms with Crippen LogP contribution in [0.2, 0.25) is 0 Å². The quantitative estimate of drug-likeness (QED) is 0.797. The van der Waals surface area contributed by atoms with Crippen molar-refractivity contribution in [3.05, 3.63) is 35.8 Å². The number of rotatable bonds is 4. The Morgan fingerprint density at radius 1 is 1.33 bits per heavy atom. The van der Waals surface area contributed by atoms with Gasteiger partial charge in [0.2, 0.25) is 5.95 Å². The van der Waals surface area contributed by atoms with E-state index in [0.717, 1.165) is 35.4 Å². The zero-order valence-corrected chi connectivity index (χ0v) is 12.6. The van der Waals surface area contributed by atoms with E-state index in [-0.39, 0.29) is 6.04 Å². The maximum Gasteiger partial charge on any atom is 0.203 e. The highest BCUT2D eigenvalue weighted by Gasteiger charge is 2.22. The molecular formula is C15H20N6. The summed E-state index contributed by atoms with van der Waals surface area (Å²) in [7, 11) is 1.93. The van der Waals surface area contributed by atoms with Crippen LogP contribution < -0.4 is 5.73 Å². The lowest BCUT2D eigenvalue weighted by molar-refractivity contribution is 0.619. The molecule has 3 aromatic rings. The van der Waals surface area contributed by atoms with Crippen molar-refractivity contribution in [3.63, 3.8) is 0 Å². The smallest absolute Gasteiger partial charge is 0.203 e. The summed E-state index contributed by atoms with van der Waals surface area (Å²) in [4.78, 5) is 8.95. The van der Waals surface area contributed by atoms with Gasteiger partial charge in [-0.25, -0.2) is 4.98 Å². The summed E-state index contributed by atoms with van der Waals surface area (Å²) in [6.07, 6.45) is 3.74. The standard InChI is InChI=1S/C15H20N6/c1-4-7-12-13-14(20(3)19-12)21(15(16)18-13)10(2)11-8-5-6-9-17-11/h5-6,8-10H,4,7H2,1-3H3,(H2,16,18). The first-order chi connectivity index (χ1) is 10.1. The normalized spacial score (nSPS) is 12.9. The largest absolute Gasteiger partial charge is 0.369 e. The van der Waals surface area contributed by atoms with Gasteiger partial charge in [0.15, 0.2) is 5.65 Å². The van der Waals surface area contributed by atoms with E-state index >= 15 is 0 Å². The fourth-order valence-electron chi connectivity index (χ4n) is 2.76. The molecule has 0 aliphatic carbocycles. The highest BCUT2D eigenvalue weighted by Crippen LogP contribution is 2.28. The lowest BCUT2D eigenvalue weighted by Crippen LogP contribution is -2.13. The third-order valence-corrected chi connectivity index (χ3v) is 3.75. The number of imidazole rings is 1. The molecule has 0 aliphatic heterocycles. The first kappa shape index (κ1) is 13.6. The molecule has 0 aromatic carbocycles. The van der Waals surface area contributed by atoms with E-state index in [1.165, 1.54) is 0 Å². The van der Waals surface area contributed by atoms with Gasteiger partial charge in [0, 0.05) is 13.2 Å². The molecule has 1 unspecified atom stereocenters. The maximum absolute atomic E-state index is 6.15. The first-order valence-electron chi connectivity index (χ1n) is 7.23. The van der Waals surface area contributed by atoms with Gasteiger partial charge in [0.1, 0.15) is 5.52 Å². The molecule has 1 atom stereocenters. The molecule has 21 heavy (non-hydrogen) atoms. The van der Waals surface area contributed by atoms with E-state index in [1.54, 1.807) is 6.20 Å². The average molecular weight is 284 g/mol. The van der Waals surface area contributed by atoms with Crippen LogP contribution >= 0.6 is 0 Å². The number of aromatic nitrogens is 5. The summed E-state index contributed by atoms with van der Waals surface area (Å²) in [6.45, 7) is 4.21. The van der Waals surface area contributed by atoms with Crippen molar-refractivity contribution in [2.45, 2.75) is 32.7 Å². The minimum absolute atomic E-state index is 0.0149. The molecular weight excluding hydrogens is 264 g/mol. The maximum atomic E-state index is 6.15. The number of nitrogens with two attached hydrogens (primary N) is 1. The third-order valence-electron chi connectivity index (χ3n) is 3.75. The third kappa shape index (κ3) is 2.16. The Balaban J connectivity index is 2.16. The van der Waals surface area contributed by atoms with Gasteiger partial charge in [-0.05, 0) is 25.5 Å². The number of pyridine rings is 1. The predicted molar refractivity (Wildman–Crippen MR) is 83.0 cm³/mol. The second-order valence-electron chi connectivity index (χ2n) is 5.26. The molecule has 3 rings (SSSR count). The molecule has 2 N–H and O–H groups in total. The summed E-state index contributed by atoms with van der Waals surface area (Å²) in [5, 5.41) is 4.57. The lowest BCUT2D eigenvalue weighted by atomic mass is 10.2. The van der Waals surface area contributed by atoms with Crippen LogP contribution in [0.15, 0.2) is 24.4 Å². The second kappa shape index (κ2) is 5.20. The predicted octanol–water partition coefficient (Wildman–Crippen LogP) is 2.31. The van der Waals surface area contributed by atoms with E-state index in [1.807, 2.05) is 34.5 Å². The van der Waals surface area contributed by atoms with E-state index in [4.69, 9.17) is 5.73 Å². The van der Waals surface area contributed by atoms with Crippen LogP contribution in [0.4, 0.5) is 5.95 Å². The topological polar surface area (TPSA) is 74.6 Å². The van der Waals surface area contributed by atoms with Crippen LogP contribution in [0.3, 0.4) is 0 Å². The summed E-state index contributed by atoms with van der Waals surface area (Å²) in [5.74, 6) is 0.508. The van der Waals surface area contributed by atoms with E-state index < -0.39 is 0 Å². The molecule has 0 amide bonds. The summed E-state index contributed by atoms with van der Waals surface area (Å²) in [6, 6.07) is 5.90. The minimum atomic E-state index is 0.0149. The number of anilines is 1. The zero-order valence-electron chi connectivity index (χ0n) is 12.6. The van der Waals surface area contributed by atoms with Gasteiger partial charge in [-0.3, -0.25) is 14.2 Å². The van der Waals surface area contributed by atoms with Crippen molar-refractivity contribution in [3.8, 4) is 0 Å². The number of fused-ring (bicyclic) bond motifs is 1. The summed E-state index contributed by atoms with van der Waals surface area (Å²) >= 11 is 0. The molecule has 6 heteroatoms. The Kier molecular flexibility index (Phi) is 3.37. The van der Waals surface area contributed by atoms with Crippen molar-refractivity contribution in [1.29, 1.82) is 0 Å². The van der Waals surface area contributed by atoms with Crippen molar-refractivity contribution in [1.82, 2.24) is 24.3 Å². The number of aryl methyl sites for hydroxylation is 2. The molecule has 3 heterocycles. The van der Waals surface area contributed by atoms with Crippen LogP contribution in [-0.2, 0) is 13.5 Å². The molecule has 0 spiro atoms. The zero-order chi connectivity index (χ0) is 15.0. The number of hydrogen-bond acceptors (Lipinski definition) is 4. The molecule has 0 saturated carbocycles. The van der Waals surface area contributed by atoms with Gasteiger partial charge in [-0.15, -0.1) is 0 Å². The van der Waals surface area contributed by atoms with Gasteiger partial charge in [0.05, 0.1) is 17.4 Å². The van der Waals surface area contributed by atoms with Gasteiger partial charge in [0.25, 0.3) is 0 Å². The van der Waals surface area contributed by atoms with Crippen molar-refractivity contribution >= 4 is 17.1 Å². The van der Waals surface area contributed by atoms with Gasteiger partial charge < -0.3 is 5.73 Å². The minimum Gasteiger partial charge on any atom is -0.369 e. The van der Waals surface area contributed by atoms with Crippen LogP contribution in [-0.4, -0.2) is 24.3 Å². The van der Waals surface area contributed by atoms with Crippen LogP contribution in [0, 0.1) is 0 Å². The highest BCUT2D eigenvalue weighted by molar-refractivity contribution is 5.78. The molecule has 0 bridgehead atoms. The molecule has 110 valence electrons. The Morgan fingerprint density at radius 2 is 2.14 bits per heavy atom. The molecule has 0 fully saturated rings. The Bertz CT molecular complexity index is 755. The number of nitrogen functional groups attached to an aromatic ring is 1. The molecule has 0 aliphatic rings. The van der Waals surface area contributed by atoms with Gasteiger partial charge in [-0.2, -0.15) is 5.10 Å². The van der Waals surface area contributed by atoms with Crippen molar-refractivity contribution in [2.24, 2.45) is 7.05 Å². The average Bonchev–Trinajstić information content (AvgIpc) is 2.97. The summed E-state index contributed by atoms with van der Waals surface area (Å²) < 4.78 is 3.87. The van der Waals surface area contributed by atoms with Crippen molar-refractivity contribution < 1.29 is 0 Å². The van der Waals surface area contributed by atoms with Crippen LogP contribution in [0.5, 0.6) is 0 Å². The lowest BCUT2D eigenvalue weighted by Gasteiger charge is -2.15. The highest BCUT2D eigenvalue weighted by atomic mass is 15.4. The fourth-order valence-corrected chi connectivity index (χ4v) is 2.76. The molecule has 6 nitrogen and oxygen atoms in total.